The van der Waals surface area contributed by atoms with Gasteiger partial charge in [-0.3, -0.25) is 19.0 Å². The summed E-state index contributed by atoms with van der Waals surface area (Å²) in [6.07, 6.45) is -5.01. The number of aliphatic hydroxyl groups excluding tert-OH is 2. The number of rotatable bonds is 12. The molecule has 3 heterocycles. The van der Waals surface area contributed by atoms with Crippen molar-refractivity contribution in [3.05, 3.63) is 57.6 Å². The van der Waals surface area contributed by atoms with Crippen LogP contribution in [-0.4, -0.2) is 119 Å². The van der Waals surface area contributed by atoms with E-state index in [0.717, 1.165) is 15.7 Å². The molecule has 3 amide bonds. The molecule has 0 radical (unpaired) electrons. The van der Waals surface area contributed by atoms with E-state index in [-0.39, 0.29) is 25.3 Å². The van der Waals surface area contributed by atoms with Crippen LogP contribution >= 0.6 is 0 Å². The number of ether oxygens (including phenoxy) is 1. The first kappa shape index (κ1) is 34.9. The van der Waals surface area contributed by atoms with E-state index in [2.05, 4.69) is 31.6 Å². The van der Waals surface area contributed by atoms with Gasteiger partial charge in [-0.15, -0.1) is 0 Å². The average Bonchev–Trinajstić information content (AvgIpc) is 3.04. The van der Waals surface area contributed by atoms with Crippen molar-refractivity contribution in [3.8, 4) is 0 Å². The van der Waals surface area contributed by atoms with Gasteiger partial charge in [0.1, 0.15) is 24.1 Å². The SMILES string of the molecule is CNCC(=O)NC(CCN)C(=O)NC1C(C(=O)N2CCNCC2)OC(n2ccc(NCc3ccc(C)c(C)c3)nc2=O)C(O)C1O. The Morgan fingerprint density at radius 2 is 1.87 bits per heavy atom. The summed E-state index contributed by atoms with van der Waals surface area (Å²) in [6.45, 7) is 6.23. The molecular weight excluding hydrogens is 598 g/mol. The molecule has 0 bridgehead atoms. The van der Waals surface area contributed by atoms with Crippen LogP contribution in [0.15, 0.2) is 35.3 Å². The summed E-state index contributed by atoms with van der Waals surface area (Å²) in [5, 5.41) is 36.6. The minimum atomic E-state index is -1.74. The Bertz CT molecular complexity index is 1430. The third-order valence-electron chi connectivity index (χ3n) is 8.20. The van der Waals surface area contributed by atoms with Gasteiger partial charge in [-0.25, -0.2) is 4.79 Å². The first-order valence-electron chi connectivity index (χ1n) is 15.4. The zero-order chi connectivity index (χ0) is 33.4. The Balaban J connectivity index is 1.56. The fourth-order valence-electron chi connectivity index (χ4n) is 5.46. The first-order valence-corrected chi connectivity index (χ1v) is 15.4. The Labute approximate surface area is 267 Å². The van der Waals surface area contributed by atoms with Gasteiger partial charge < -0.3 is 52.2 Å². The second kappa shape index (κ2) is 16.1. The second-order valence-corrected chi connectivity index (χ2v) is 11.5. The number of likely N-dealkylation sites (N-methyl/N-ethyl adjacent to an activating group) is 1. The van der Waals surface area contributed by atoms with E-state index in [1.165, 1.54) is 22.7 Å². The Morgan fingerprint density at radius 1 is 1.13 bits per heavy atom. The summed E-state index contributed by atoms with van der Waals surface area (Å²) < 4.78 is 7.06. The van der Waals surface area contributed by atoms with E-state index in [9.17, 15) is 29.4 Å². The largest absolute Gasteiger partial charge is 0.388 e. The molecule has 16 nitrogen and oxygen atoms in total. The quantitative estimate of drug-likeness (QED) is 0.116. The summed E-state index contributed by atoms with van der Waals surface area (Å²) in [5.74, 6) is -1.42. The number of nitrogens with two attached hydrogens (primary N) is 1. The summed E-state index contributed by atoms with van der Waals surface area (Å²) >= 11 is 0. The average molecular weight is 644 g/mol. The number of aromatic nitrogens is 2. The van der Waals surface area contributed by atoms with Crippen molar-refractivity contribution < 1.29 is 29.3 Å². The van der Waals surface area contributed by atoms with Crippen LogP contribution in [0.1, 0.15) is 29.3 Å². The highest BCUT2D eigenvalue weighted by atomic mass is 16.5. The highest BCUT2D eigenvalue weighted by Crippen LogP contribution is 2.29. The third-order valence-corrected chi connectivity index (χ3v) is 8.20. The number of aryl methyl sites for hydroxylation is 2. The van der Waals surface area contributed by atoms with E-state index in [1.54, 1.807) is 7.05 Å². The molecule has 6 atom stereocenters. The topological polar surface area (TPSA) is 225 Å². The number of carbonyl (C=O) groups excluding carboxylic acids is 3. The zero-order valence-electron chi connectivity index (χ0n) is 26.4. The maximum Gasteiger partial charge on any atom is 0.351 e. The van der Waals surface area contributed by atoms with Gasteiger partial charge in [0.2, 0.25) is 11.8 Å². The molecule has 9 N–H and O–H groups in total. The Hall–Kier alpha value is -3.93. The Morgan fingerprint density at radius 3 is 2.52 bits per heavy atom. The summed E-state index contributed by atoms with van der Waals surface area (Å²) in [5.41, 5.74) is 8.19. The number of aliphatic hydroxyl groups is 2. The number of carbonyl (C=O) groups is 3. The number of hydrogen-bond donors (Lipinski definition) is 8. The molecule has 0 aliphatic carbocycles. The van der Waals surface area contributed by atoms with Crippen molar-refractivity contribution in [3.63, 3.8) is 0 Å². The molecule has 2 aromatic rings. The van der Waals surface area contributed by atoms with Crippen molar-refractivity contribution >= 4 is 23.5 Å². The van der Waals surface area contributed by atoms with Gasteiger partial charge in [0, 0.05) is 38.9 Å². The lowest BCUT2D eigenvalue weighted by Crippen LogP contribution is -2.68. The predicted octanol–water partition coefficient (Wildman–Crippen LogP) is -2.94. The predicted molar refractivity (Wildman–Crippen MR) is 169 cm³/mol. The lowest BCUT2D eigenvalue weighted by Gasteiger charge is -2.44. The number of nitrogens with one attached hydrogen (secondary N) is 5. The number of anilines is 1. The molecule has 0 saturated carbocycles. The van der Waals surface area contributed by atoms with Gasteiger partial charge >= 0.3 is 5.69 Å². The zero-order valence-corrected chi connectivity index (χ0v) is 26.4. The van der Waals surface area contributed by atoms with Crippen LogP contribution in [0.4, 0.5) is 5.82 Å². The van der Waals surface area contributed by atoms with Crippen molar-refractivity contribution in [2.75, 3.05) is 51.6 Å². The number of piperazine rings is 1. The standard InChI is InChI=1S/C30H45N9O7/c1-17-4-5-19(14-18(17)2)15-34-21-7-11-39(30(45)36-21)29-25(42)24(41)23(26(46-29)28(44)38-12-9-33-10-13-38)37-27(43)20(6-8-31)35-22(40)16-32-3/h4-5,7,11,14,20,23-26,29,32-33,41-42H,6,8-10,12-13,15-16,31H2,1-3H3,(H,35,40)(H,37,43)(H,34,36,45). The molecule has 16 heteroatoms. The minimum Gasteiger partial charge on any atom is -0.388 e. The summed E-state index contributed by atoms with van der Waals surface area (Å²) in [6, 6.07) is 5.07. The van der Waals surface area contributed by atoms with Gasteiger partial charge in [0.05, 0.1) is 12.6 Å². The van der Waals surface area contributed by atoms with E-state index in [1.807, 2.05) is 32.0 Å². The first-order chi connectivity index (χ1) is 22.0. The number of nitrogens with zero attached hydrogens (tertiary/aromatic N) is 3. The molecule has 1 aromatic heterocycles. The van der Waals surface area contributed by atoms with Crippen molar-refractivity contribution in [2.45, 2.75) is 63.4 Å². The maximum absolute atomic E-state index is 13.8. The maximum atomic E-state index is 13.8. The normalized spacial score (nSPS) is 23.8. The van der Waals surface area contributed by atoms with Crippen molar-refractivity contribution in [1.82, 2.24) is 35.7 Å². The molecular formula is C30H45N9O7. The fourth-order valence-corrected chi connectivity index (χ4v) is 5.46. The van der Waals surface area contributed by atoms with Crippen molar-refractivity contribution in [1.29, 1.82) is 0 Å². The highest BCUT2D eigenvalue weighted by molar-refractivity contribution is 5.89. The van der Waals surface area contributed by atoms with Crippen LogP contribution in [-0.2, 0) is 25.7 Å². The molecule has 46 heavy (non-hydrogen) atoms. The van der Waals surface area contributed by atoms with Crippen LogP contribution in [0.5, 0.6) is 0 Å². The van der Waals surface area contributed by atoms with E-state index in [4.69, 9.17) is 10.5 Å². The van der Waals surface area contributed by atoms with Gasteiger partial charge in [-0.05, 0) is 56.6 Å². The lowest BCUT2D eigenvalue weighted by molar-refractivity contribution is -0.218. The smallest absolute Gasteiger partial charge is 0.351 e. The molecule has 2 aliphatic rings. The monoisotopic (exact) mass is 643 g/mol. The number of amides is 3. The van der Waals surface area contributed by atoms with E-state index < -0.39 is 60.0 Å². The van der Waals surface area contributed by atoms with Crippen LogP contribution in [0.25, 0.3) is 0 Å². The second-order valence-electron chi connectivity index (χ2n) is 11.5. The summed E-state index contributed by atoms with van der Waals surface area (Å²) in [7, 11) is 1.58. The highest BCUT2D eigenvalue weighted by Gasteiger charge is 2.50. The number of hydrogen-bond acceptors (Lipinski definition) is 12. The fraction of sp³-hybridized carbons (Fsp3) is 0.567. The van der Waals surface area contributed by atoms with Gasteiger partial charge in [-0.2, -0.15) is 4.98 Å². The Kier molecular flexibility index (Phi) is 12.2. The lowest BCUT2D eigenvalue weighted by atomic mass is 9.93. The molecule has 2 saturated heterocycles. The minimum absolute atomic E-state index is 0.0449. The van der Waals surface area contributed by atoms with Crippen LogP contribution in [0.3, 0.4) is 0 Å². The third kappa shape index (κ3) is 8.45. The van der Waals surface area contributed by atoms with Gasteiger partial charge in [0.15, 0.2) is 12.3 Å². The van der Waals surface area contributed by atoms with Crippen LogP contribution < -0.4 is 38.0 Å². The molecule has 4 rings (SSSR count). The van der Waals surface area contributed by atoms with Gasteiger partial charge in [0.25, 0.3) is 5.91 Å². The molecule has 1 aromatic carbocycles. The molecule has 252 valence electrons. The van der Waals surface area contributed by atoms with E-state index >= 15 is 0 Å². The van der Waals surface area contributed by atoms with Gasteiger partial charge in [-0.1, -0.05) is 18.2 Å². The van der Waals surface area contributed by atoms with Crippen LogP contribution in [0.2, 0.25) is 0 Å². The molecule has 2 fully saturated rings. The number of benzene rings is 1. The van der Waals surface area contributed by atoms with E-state index in [0.29, 0.717) is 32.7 Å². The molecule has 0 spiro atoms. The molecule has 6 unspecified atom stereocenters. The summed E-state index contributed by atoms with van der Waals surface area (Å²) in [4.78, 5) is 58.0. The van der Waals surface area contributed by atoms with Crippen molar-refractivity contribution in [2.24, 2.45) is 5.73 Å². The van der Waals surface area contributed by atoms with Crippen LogP contribution in [0, 0.1) is 13.8 Å². The molecule has 2 aliphatic heterocycles.